The van der Waals surface area contributed by atoms with Crippen molar-refractivity contribution in [3.8, 4) is 11.3 Å². The van der Waals surface area contributed by atoms with E-state index in [2.05, 4.69) is 36.8 Å². The Kier molecular flexibility index (Phi) is 3.60. The second-order valence-corrected chi connectivity index (χ2v) is 6.60. The molecule has 19 heavy (non-hydrogen) atoms. The molecule has 0 spiro atoms. The molecule has 0 saturated heterocycles. The Morgan fingerprint density at radius 3 is 2.58 bits per heavy atom. The lowest BCUT2D eigenvalue weighted by Gasteiger charge is -2.00. The maximum absolute atomic E-state index is 6.21. The van der Waals surface area contributed by atoms with Crippen LogP contribution in [0.15, 0.2) is 45.6 Å². The predicted molar refractivity (Wildman–Crippen MR) is 86.0 cm³/mol. The van der Waals surface area contributed by atoms with Crippen LogP contribution < -0.4 is 0 Å². The van der Waals surface area contributed by atoms with Crippen LogP contribution in [0.25, 0.3) is 16.9 Å². The number of benzene rings is 1. The number of imidazole rings is 1. The van der Waals surface area contributed by atoms with Crippen LogP contribution >= 0.6 is 55.1 Å². The van der Waals surface area contributed by atoms with Crippen LogP contribution in [0.4, 0.5) is 0 Å². The SMILES string of the molecule is Clc1ccc(-c2cn3cc(Br)cc(Br)c3n2)c(Cl)c1. The van der Waals surface area contributed by atoms with Crippen LogP contribution in [0.3, 0.4) is 0 Å². The molecule has 2 aromatic heterocycles. The van der Waals surface area contributed by atoms with Gasteiger partial charge in [-0.3, -0.25) is 0 Å². The highest BCUT2D eigenvalue weighted by molar-refractivity contribution is 9.11. The lowest BCUT2D eigenvalue weighted by Crippen LogP contribution is -1.83. The maximum atomic E-state index is 6.21. The fraction of sp³-hybridized carbons (Fsp3) is 0. The minimum Gasteiger partial charge on any atom is -0.304 e. The van der Waals surface area contributed by atoms with Gasteiger partial charge in [0.05, 0.1) is 15.2 Å². The molecule has 6 heteroatoms. The molecule has 96 valence electrons. The normalized spacial score (nSPS) is 11.2. The Hall–Kier alpha value is -0.550. The van der Waals surface area contributed by atoms with Gasteiger partial charge in [-0.05, 0) is 56.1 Å². The van der Waals surface area contributed by atoms with Gasteiger partial charge in [0.15, 0.2) is 5.65 Å². The molecular formula is C13H6Br2Cl2N2. The predicted octanol–water partition coefficient (Wildman–Crippen LogP) is 5.83. The lowest BCUT2D eigenvalue weighted by atomic mass is 10.2. The van der Waals surface area contributed by atoms with Gasteiger partial charge in [-0.2, -0.15) is 0 Å². The molecule has 3 rings (SSSR count). The molecule has 0 fully saturated rings. The van der Waals surface area contributed by atoms with E-state index >= 15 is 0 Å². The van der Waals surface area contributed by atoms with E-state index in [1.165, 1.54) is 0 Å². The monoisotopic (exact) mass is 418 g/mol. The van der Waals surface area contributed by atoms with E-state index in [1.54, 1.807) is 12.1 Å². The summed E-state index contributed by atoms with van der Waals surface area (Å²) < 4.78 is 3.82. The van der Waals surface area contributed by atoms with Gasteiger partial charge < -0.3 is 4.40 Å². The standard InChI is InChI=1S/C13H6Br2Cl2N2/c14-7-3-10(15)13-18-12(6-19(13)5-7)9-2-1-8(16)4-11(9)17/h1-6H. The first-order chi connectivity index (χ1) is 9.04. The Bertz CT molecular complexity index is 784. The summed E-state index contributed by atoms with van der Waals surface area (Å²) >= 11 is 19.1. The van der Waals surface area contributed by atoms with E-state index in [-0.39, 0.29) is 0 Å². The van der Waals surface area contributed by atoms with Gasteiger partial charge in [-0.1, -0.05) is 23.2 Å². The van der Waals surface area contributed by atoms with Gasteiger partial charge in [0.1, 0.15) is 0 Å². The first-order valence-corrected chi connectivity index (χ1v) is 7.68. The third-order valence-electron chi connectivity index (χ3n) is 2.68. The van der Waals surface area contributed by atoms with Gasteiger partial charge in [0, 0.05) is 27.5 Å². The molecule has 0 atom stereocenters. The summed E-state index contributed by atoms with van der Waals surface area (Å²) in [5, 5.41) is 1.20. The number of hydrogen-bond donors (Lipinski definition) is 0. The number of fused-ring (bicyclic) bond motifs is 1. The van der Waals surface area contributed by atoms with Crippen molar-refractivity contribution >= 4 is 60.7 Å². The van der Waals surface area contributed by atoms with Crippen molar-refractivity contribution in [2.45, 2.75) is 0 Å². The van der Waals surface area contributed by atoms with Crippen molar-refractivity contribution < 1.29 is 0 Å². The van der Waals surface area contributed by atoms with Crippen LogP contribution in [-0.2, 0) is 0 Å². The summed E-state index contributed by atoms with van der Waals surface area (Å²) in [5.74, 6) is 0. The van der Waals surface area contributed by atoms with Crippen molar-refractivity contribution in [1.29, 1.82) is 0 Å². The van der Waals surface area contributed by atoms with Crippen molar-refractivity contribution in [3.05, 3.63) is 55.6 Å². The van der Waals surface area contributed by atoms with Crippen LogP contribution in [0, 0.1) is 0 Å². The maximum Gasteiger partial charge on any atom is 0.151 e. The topological polar surface area (TPSA) is 17.3 Å². The molecular weight excluding hydrogens is 415 g/mol. The minimum atomic E-state index is 0.589. The quantitative estimate of drug-likeness (QED) is 0.484. The summed E-state index contributed by atoms with van der Waals surface area (Å²) in [6.07, 6.45) is 3.88. The summed E-state index contributed by atoms with van der Waals surface area (Å²) in [6, 6.07) is 7.34. The zero-order valence-electron chi connectivity index (χ0n) is 9.37. The molecule has 0 aliphatic heterocycles. The molecule has 0 N–H and O–H groups in total. The third kappa shape index (κ3) is 2.55. The molecule has 0 aliphatic carbocycles. The first kappa shape index (κ1) is 13.4. The smallest absolute Gasteiger partial charge is 0.151 e. The number of pyridine rings is 1. The first-order valence-electron chi connectivity index (χ1n) is 5.34. The molecule has 0 amide bonds. The molecule has 2 heterocycles. The molecule has 0 saturated carbocycles. The summed E-state index contributed by atoms with van der Waals surface area (Å²) in [7, 11) is 0. The van der Waals surface area contributed by atoms with Gasteiger partial charge in [-0.25, -0.2) is 4.98 Å². The fourth-order valence-electron chi connectivity index (χ4n) is 1.85. The zero-order valence-corrected chi connectivity index (χ0v) is 14.1. The molecule has 3 aromatic rings. The van der Waals surface area contributed by atoms with Crippen LogP contribution in [0.5, 0.6) is 0 Å². The van der Waals surface area contributed by atoms with Gasteiger partial charge in [0.2, 0.25) is 0 Å². The molecule has 0 unspecified atom stereocenters. The van der Waals surface area contributed by atoms with Crippen molar-refractivity contribution in [2.24, 2.45) is 0 Å². The Labute approximate surface area is 136 Å². The van der Waals surface area contributed by atoms with Gasteiger partial charge in [0.25, 0.3) is 0 Å². The average molecular weight is 421 g/mol. The molecule has 2 nitrogen and oxygen atoms in total. The van der Waals surface area contributed by atoms with Crippen molar-refractivity contribution in [1.82, 2.24) is 9.38 Å². The molecule has 0 aliphatic rings. The zero-order chi connectivity index (χ0) is 13.6. The lowest BCUT2D eigenvalue weighted by molar-refractivity contribution is 1.17. The van der Waals surface area contributed by atoms with Gasteiger partial charge >= 0.3 is 0 Å². The number of aromatic nitrogens is 2. The summed E-state index contributed by atoms with van der Waals surface area (Å²) in [4.78, 5) is 4.58. The number of nitrogens with zero attached hydrogens (tertiary/aromatic N) is 2. The van der Waals surface area contributed by atoms with Crippen LogP contribution in [0.2, 0.25) is 10.0 Å². The van der Waals surface area contributed by atoms with E-state index < -0.39 is 0 Å². The molecule has 0 radical (unpaired) electrons. The van der Waals surface area contributed by atoms with E-state index in [1.807, 2.05) is 28.9 Å². The molecule has 1 aromatic carbocycles. The second kappa shape index (κ2) is 5.09. The summed E-state index contributed by atoms with van der Waals surface area (Å²) in [5.41, 5.74) is 2.50. The van der Waals surface area contributed by atoms with Crippen molar-refractivity contribution in [2.75, 3.05) is 0 Å². The highest BCUT2D eigenvalue weighted by Gasteiger charge is 2.11. The van der Waals surface area contributed by atoms with Crippen molar-refractivity contribution in [3.63, 3.8) is 0 Å². The average Bonchev–Trinajstić information content (AvgIpc) is 2.72. The van der Waals surface area contributed by atoms with E-state index in [0.717, 1.165) is 25.8 Å². The number of halogens is 4. The fourth-order valence-corrected chi connectivity index (χ4v) is 3.65. The number of rotatable bonds is 1. The second-order valence-electron chi connectivity index (χ2n) is 3.99. The highest BCUT2D eigenvalue weighted by Crippen LogP contribution is 2.31. The minimum absolute atomic E-state index is 0.589. The van der Waals surface area contributed by atoms with Gasteiger partial charge in [-0.15, -0.1) is 0 Å². The highest BCUT2D eigenvalue weighted by atomic mass is 79.9. The summed E-state index contributed by atoms with van der Waals surface area (Å²) in [6.45, 7) is 0. The third-order valence-corrected chi connectivity index (χ3v) is 4.25. The Morgan fingerprint density at radius 1 is 1.05 bits per heavy atom. The largest absolute Gasteiger partial charge is 0.304 e. The van der Waals surface area contributed by atoms with E-state index in [4.69, 9.17) is 23.2 Å². The van der Waals surface area contributed by atoms with Crippen LogP contribution in [0.1, 0.15) is 0 Å². The Balaban J connectivity index is 2.23. The Morgan fingerprint density at radius 2 is 1.84 bits per heavy atom. The number of hydrogen-bond acceptors (Lipinski definition) is 1. The van der Waals surface area contributed by atoms with E-state index in [9.17, 15) is 0 Å². The molecule has 0 bridgehead atoms. The van der Waals surface area contributed by atoms with Crippen LogP contribution in [-0.4, -0.2) is 9.38 Å². The van der Waals surface area contributed by atoms with E-state index in [0.29, 0.717) is 10.0 Å².